The van der Waals surface area contributed by atoms with Gasteiger partial charge in [-0.15, -0.1) is 0 Å². The van der Waals surface area contributed by atoms with Gasteiger partial charge in [0.05, 0.1) is 35.6 Å². The fourth-order valence-electron chi connectivity index (χ4n) is 3.55. The first-order chi connectivity index (χ1) is 13.9. The Kier molecular flexibility index (Phi) is 5.33. The molecule has 1 aromatic heterocycles. The standard InChI is InChI=1S/C20H22BrN5O3/c1-24-17-11-15(23-19(27)22-14-5-3-4-13(21)10-14)16(26-6-8-29-9-7-26)12-18(17)25(2)20(24)28/h3-5,10-12H,6-9H2,1-2H3,(H2,22,23,27). The number of hydrogen-bond acceptors (Lipinski definition) is 4. The Labute approximate surface area is 176 Å². The van der Waals surface area contributed by atoms with Crippen molar-refractivity contribution in [2.24, 2.45) is 14.1 Å². The largest absolute Gasteiger partial charge is 0.378 e. The van der Waals surface area contributed by atoms with Crippen LogP contribution in [0.15, 0.2) is 45.7 Å². The Balaban J connectivity index is 1.71. The number of amides is 2. The van der Waals surface area contributed by atoms with Crippen molar-refractivity contribution in [1.82, 2.24) is 9.13 Å². The lowest BCUT2D eigenvalue weighted by Gasteiger charge is -2.30. The van der Waals surface area contributed by atoms with Crippen LogP contribution in [0.25, 0.3) is 11.0 Å². The van der Waals surface area contributed by atoms with E-state index in [0.717, 1.165) is 21.2 Å². The highest BCUT2D eigenvalue weighted by atomic mass is 79.9. The summed E-state index contributed by atoms with van der Waals surface area (Å²) >= 11 is 3.40. The number of morpholine rings is 1. The Morgan fingerprint density at radius 1 is 1.03 bits per heavy atom. The van der Waals surface area contributed by atoms with Gasteiger partial charge in [0.25, 0.3) is 0 Å². The number of ether oxygens (including phenoxy) is 1. The normalized spacial score (nSPS) is 14.2. The number of aromatic nitrogens is 2. The van der Waals surface area contributed by atoms with E-state index in [-0.39, 0.29) is 11.7 Å². The van der Waals surface area contributed by atoms with Crippen LogP contribution >= 0.6 is 15.9 Å². The molecule has 0 spiro atoms. The number of nitrogens with zero attached hydrogens (tertiary/aromatic N) is 3. The third-order valence-corrected chi connectivity index (χ3v) is 5.57. The molecule has 2 N–H and O–H groups in total. The Morgan fingerprint density at radius 3 is 2.41 bits per heavy atom. The van der Waals surface area contributed by atoms with Gasteiger partial charge in [0.15, 0.2) is 0 Å². The minimum Gasteiger partial charge on any atom is -0.378 e. The Bertz CT molecular complexity index is 1130. The van der Waals surface area contributed by atoms with Gasteiger partial charge in [-0.25, -0.2) is 9.59 Å². The molecule has 2 aromatic carbocycles. The van der Waals surface area contributed by atoms with Gasteiger partial charge in [0.1, 0.15) is 0 Å². The number of fused-ring (bicyclic) bond motifs is 1. The summed E-state index contributed by atoms with van der Waals surface area (Å²) in [5.74, 6) is 0. The molecule has 2 amide bonds. The van der Waals surface area contributed by atoms with Crippen LogP contribution in [0.2, 0.25) is 0 Å². The van der Waals surface area contributed by atoms with Gasteiger partial charge >= 0.3 is 11.7 Å². The predicted molar refractivity (Wildman–Crippen MR) is 118 cm³/mol. The van der Waals surface area contributed by atoms with Crippen molar-refractivity contribution in [3.8, 4) is 0 Å². The SMILES string of the molecule is Cn1c(=O)n(C)c2cc(N3CCOCC3)c(NC(=O)Nc3cccc(Br)c3)cc21. The molecule has 1 fully saturated rings. The van der Waals surface area contributed by atoms with Crippen LogP contribution in [0.5, 0.6) is 0 Å². The molecule has 0 saturated carbocycles. The van der Waals surface area contributed by atoms with E-state index in [1.165, 1.54) is 0 Å². The summed E-state index contributed by atoms with van der Waals surface area (Å²) in [6, 6.07) is 10.8. The number of halogens is 1. The van der Waals surface area contributed by atoms with Gasteiger partial charge in [-0.3, -0.25) is 9.13 Å². The molecule has 2 heterocycles. The quantitative estimate of drug-likeness (QED) is 0.630. The van der Waals surface area contributed by atoms with Gasteiger partial charge in [-0.2, -0.15) is 0 Å². The number of urea groups is 1. The summed E-state index contributed by atoms with van der Waals surface area (Å²) in [6.07, 6.45) is 0. The average Bonchev–Trinajstić information content (AvgIpc) is 2.92. The zero-order valence-electron chi connectivity index (χ0n) is 16.2. The Hall–Kier alpha value is -2.78. The highest BCUT2D eigenvalue weighted by Gasteiger charge is 2.20. The molecular weight excluding hydrogens is 438 g/mol. The minimum atomic E-state index is -0.349. The van der Waals surface area contributed by atoms with Gasteiger partial charge in [0, 0.05) is 37.3 Å². The lowest BCUT2D eigenvalue weighted by atomic mass is 10.2. The van der Waals surface area contributed by atoms with Gasteiger partial charge < -0.3 is 20.3 Å². The van der Waals surface area contributed by atoms with E-state index in [4.69, 9.17) is 4.74 Å². The van der Waals surface area contributed by atoms with Gasteiger partial charge in [-0.1, -0.05) is 22.0 Å². The van der Waals surface area contributed by atoms with Crippen molar-refractivity contribution in [2.75, 3.05) is 41.8 Å². The van der Waals surface area contributed by atoms with Crippen molar-refractivity contribution < 1.29 is 9.53 Å². The zero-order valence-corrected chi connectivity index (χ0v) is 17.8. The van der Waals surface area contributed by atoms with Gasteiger partial charge in [0.2, 0.25) is 0 Å². The molecule has 1 aliphatic heterocycles. The lowest BCUT2D eigenvalue weighted by molar-refractivity contribution is 0.123. The molecular formula is C20H22BrN5O3. The number of aryl methyl sites for hydroxylation is 2. The molecule has 1 aliphatic rings. The van der Waals surface area contributed by atoms with E-state index in [9.17, 15) is 9.59 Å². The van der Waals surface area contributed by atoms with Crippen LogP contribution < -0.4 is 21.2 Å². The average molecular weight is 460 g/mol. The molecule has 9 heteroatoms. The second-order valence-corrected chi connectivity index (χ2v) is 7.86. The molecule has 1 saturated heterocycles. The molecule has 8 nitrogen and oxygen atoms in total. The molecule has 3 aromatic rings. The van der Waals surface area contributed by atoms with Gasteiger partial charge in [-0.05, 0) is 30.3 Å². The third kappa shape index (κ3) is 3.88. The van der Waals surface area contributed by atoms with Crippen molar-refractivity contribution in [2.45, 2.75) is 0 Å². The highest BCUT2D eigenvalue weighted by molar-refractivity contribution is 9.10. The lowest BCUT2D eigenvalue weighted by Crippen LogP contribution is -2.37. The molecule has 29 heavy (non-hydrogen) atoms. The monoisotopic (exact) mass is 459 g/mol. The summed E-state index contributed by atoms with van der Waals surface area (Å²) in [6.45, 7) is 2.67. The number of hydrogen-bond donors (Lipinski definition) is 2. The van der Waals surface area contributed by atoms with E-state index in [1.807, 2.05) is 36.4 Å². The number of anilines is 3. The molecule has 0 radical (unpaired) electrons. The number of rotatable bonds is 3. The third-order valence-electron chi connectivity index (χ3n) is 5.07. The highest BCUT2D eigenvalue weighted by Crippen LogP contribution is 2.32. The molecule has 0 aliphatic carbocycles. The maximum absolute atomic E-state index is 12.7. The summed E-state index contributed by atoms with van der Waals surface area (Å²) < 4.78 is 9.54. The number of nitrogens with one attached hydrogen (secondary N) is 2. The van der Waals surface area contributed by atoms with Crippen LogP contribution in [0, 0.1) is 0 Å². The molecule has 4 rings (SSSR count). The van der Waals surface area contributed by atoms with Crippen LogP contribution in [-0.2, 0) is 18.8 Å². The van der Waals surface area contributed by atoms with Crippen LogP contribution in [0.3, 0.4) is 0 Å². The first kappa shape index (κ1) is 19.5. The van der Waals surface area contributed by atoms with Crippen molar-refractivity contribution in [1.29, 1.82) is 0 Å². The number of benzene rings is 2. The second-order valence-electron chi connectivity index (χ2n) is 6.95. The smallest absolute Gasteiger partial charge is 0.328 e. The maximum atomic E-state index is 12.7. The Morgan fingerprint density at radius 2 is 1.72 bits per heavy atom. The summed E-state index contributed by atoms with van der Waals surface area (Å²) in [5, 5.41) is 5.80. The molecule has 152 valence electrons. The van der Waals surface area contributed by atoms with Crippen molar-refractivity contribution in [3.63, 3.8) is 0 Å². The fraction of sp³-hybridized carbons (Fsp3) is 0.300. The van der Waals surface area contributed by atoms with E-state index in [0.29, 0.717) is 37.7 Å². The van der Waals surface area contributed by atoms with E-state index in [2.05, 4.69) is 31.5 Å². The zero-order chi connectivity index (χ0) is 20.5. The molecule has 0 unspecified atom stereocenters. The predicted octanol–water partition coefficient (Wildman–Crippen LogP) is 3.12. The number of imidazole rings is 1. The van der Waals surface area contributed by atoms with Crippen LogP contribution in [0.4, 0.5) is 21.9 Å². The molecule has 0 bridgehead atoms. The summed E-state index contributed by atoms with van der Waals surface area (Å²) in [5.41, 5.74) is 3.66. The number of carbonyl (C=O) groups is 1. The van der Waals surface area contributed by atoms with Crippen LogP contribution in [0.1, 0.15) is 0 Å². The fourth-order valence-corrected chi connectivity index (χ4v) is 3.95. The van der Waals surface area contributed by atoms with Crippen molar-refractivity contribution in [3.05, 3.63) is 51.4 Å². The second kappa shape index (κ2) is 7.92. The number of carbonyl (C=O) groups excluding carboxylic acids is 1. The van der Waals surface area contributed by atoms with Crippen LogP contribution in [-0.4, -0.2) is 41.5 Å². The first-order valence-corrected chi connectivity index (χ1v) is 10.1. The first-order valence-electron chi connectivity index (χ1n) is 9.30. The van der Waals surface area contributed by atoms with E-state index < -0.39 is 0 Å². The van der Waals surface area contributed by atoms with Crippen molar-refractivity contribution >= 4 is 50.1 Å². The van der Waals surface area contributed by atoms with E-state index >= 15 is 0 Å². The maximum Gasteiger partial charge on any atom is 0.328 e. The summed E-state index contributed by atoms with van der Waals surface area (Å²) in [7, 11) is 3.48. The minimum absolute atomic E-state index is 0.108. The topological polar surface area (TPSA) is 80.5 Å². The summed E-state index contributed by atoms with van der Waals surface area (Å²) in [4.78, 5) is 27.2. The van der Waals surface area contributed by atoms with E-state index in [1.54, 1.807) is 23.2 Å². The molecule has 0 atom stereocenters.